The highest BCUT2D eigenvalue weighted by molar-refractivity contribution is 7.48. The molecule has 1 aliphatic heterocycles. The molecule has 0 amide bonds. The van der Waals surface area contributed by atoms with E-state index in [0.717, 1.165) is 0 Å². The smallest absolute Gasteiger partial charge is 0.361 e. The van der Waals surface area contributed by atoms with Crippen LogP contribution in [-0.2, 0) is 23.2 Å². The Hall–Kier alpha value is -0.870. The van der Waals surface area contributed by atoms with Crippen LogP contribution in [0.1, 0.15) is 12.8 Å². The number of carbonyl (C=O) groups excluding carboxylic acids is 2. The van der Waals surface area contributed by atoms with Gasteiger partial charge in [0.1, 0.15) is 0 Å². The Labute approximate surface area is 61.7 Å². The van der Waals surface area contributed by atoms with Gasteiger partial charge in [-0.05, 0) is 0 Å². The van der Waals surface area contributed by atoms with Gasteiger partial charge in [0.2, 0.25) is 0 Å². The summed E-state index contributed by atoms with van der Waals surface area (Å²) in [6.07, 6.45) is -0.438. The number of hydrogen-bond donors (Lipinski definition) is 1. The molecule has 0 atom stereocenters. The molecular formula is C4H5O6P. The van der Waals surface area contributed by atoms with E-state index in [1.807, 2.05) is 0 Å². The zero-order valence-corrected chi connectivity index (χ0v) is 6.24. The molecule has 7 heteroatoms. The minimum absolute atomic E-state index is 0.219. The lowest BCUT2D eigenvalue weighted by Gasteiger charge is -2.04. The van der Waals surface area contributed by atoms with Crippen LogP contribution in [0.2, 0.25) is 0 Å². The number of rotatable bonds is 0. The summed E-state index contributed by atoms with van der Waals surface area (Å²) >= 11 is 0. The predicted molar refractivity (Wildman–Crippen MR) is 31.2 cm³/mol. The SMILES string of the molecule is O=C1CCC(=O)OP(=O)(O)O1. The topological polar surface area (TPSA) is 89.9 Å². The van der Waals surface area contributed by atoms with Crippen molar-refractivity contribution in [2.24, 2.45) is 0 Å². The second-order valence-corrected chi connectivity index (χ2v) is 3.20. The summed E-state index contributed by atoms with van der Waals surface area (Å²) in [4.78, 5) is 29.5. The van der Waals surface area contributed by atoms with Crippen LogP contribution in [0.25, 0.3) is 0 Å². The minimum Gasteiger partial charge on any atom is -0.361 e. The molecule has 0 aliphatic carbocycles. The van der Waals surface area contributed by atoms with Gasteiger partial charge in [-0.25, -0.2) is 4.57 Å². The van der Waals surface area contributed by atoms with Gasteiger partial charge in [0.25, 0.3) is 0 Å². The molecule has 62 valence electrons. The standard InChI is InChI=1S/C4H5O6P/c5-3-1-2-4(6)10-11(7,8)9-3/h1-2H2,(H,7,8). The molecule has 1 aliphatic rings. The number of phosphoric acid groups is 1. The highest BCUT2D eigenvalue weighted by Crippen LogP contribution is 2.45. The molecule has 0 bridgehead atoms. The molecular weight excluding hydrogens is 175 g/mol. The van der Waals surface area contributed by atoms with Crippen molar-refractivity contribution < 1.29 is 28.1 Å². The van der Waals surface area contributed by atoms with Crippen LogP contribution in [0.15, 0.2) is 0 Å². The molecule has 1 saturated heterocycles. The summed E-state index contributed by atoms with van der Waals surface area (Å²) in [5.41, 5.74) is 0. The maximum absolute atomic E-state index is 10.5. The monoisotopic (exact) mass is 180 g/mol. The predicted octanol–water partition coefficient (Wildman–Crippen LogP) is -0.0330. The van der Waals surface area contributed by atoms with Crippen molar-refractivity contribution >= 4 is 19.8 Å². The van der Waals surface area contributed by atoms with E-state index in [1.165, 1.54) is 0 Å². The number of phosphoric ester groups is 1. The van der Waals surface area contributed by atoms with Crippen molar-refractivity contribution in [3.63, 3.8) is 0 Å². The van der Waals surface area contributed by atoms with E-state index in [0.29, 0.717) is 0 Å². The molecule has 0 spiro atoms. The third kappa shape index (κ3) is 2.32. The van der Waals surface area contributed by atoms with Crippen LogP contribution in [0.4, 0.5) is 0 Å². The van der Waals surface area contributed by atoms with E-state index in [1.54, 1.807) is 0 Å². The van der Waals surface area contributed by atoms with Crippen molar-refractivity contribution in [3.8, 4) is 0 Å². The van der Waals surface area contributed by atoms with Crippen molar-refractivity contribution in [1.29, 1.82) is 0 Å². The Morgan fingerprint density at radius 1 is 1.18 bits per heavy atom. The van der Waals surface area contributed by atoms with E-state index in [-0.39, 0.29) is 12.8 Å². The van der Waals surface area contributed by atoms with Crippen molar-refractivity contribution in [1.82, 2.24) is 0 Å². The van der Waals surface area contributed by atoms with E-state index in [9.17, 15) is 14.2 Å². The third-order valence-electron chi connectivity index (χ3n) is 0.968. The van der Waals surface area contributed by atoms with Gasteiger partial charge >= 0.3 is 19.8 Å². The molecule has 0 aromatic carbocycles. The Kier molecular flexibility index (Phi) is 1.97. The highest BCUT2D eigenvalue weighted by Gasteiger charge is 2.33. The first-order valence-corrected chi connectivity index (χ1v) is 4.27. The fourth-order valence-corrected chi connectivity index (χ4v) is 1.31. The first-order valence-electron chi connectivity index (χ1n) is 2.77. The number of carbonyl (C=O) groups is 2. The Morgan fingerprint density at radius 3 is 1.91 bits per heavy atom. The molecule has 1 heterocycles. The molecule has 0 aromatic rings. The normalized spacial score (nSPS) is 23.4. The van der Waals surface area contributed by atoms with Gasteiger partial charge in [-0.1, -0.05) is 0 Å². The van der Waals surface area contributed by atoms with Crippen molar-refractivity contribution in [3.05, 3.63) is 0 Å². The minimum atomic E-state index is -4.44. The first kappa shape index (κ1) is 8.23. The average Bonchev–Trinajstić information content (AvgIpc) is 1.89. The summed E-state index contributed by atoms with van der Waals surface area (Å²) < 4.78 is 18.3. The molecule has 6 nitrogen and oxygen atoms in total. The van der Waals surface area contributed by atoms with Gasteiger partial charge in [0, 0.05) is 0 Å². The summed E-state index contributed by atoms with van der Waals surface area (Å²) in [5.74, 6) is -1.80. The molecule has 1 N–H and O–H groups in total. The Balaban J connectivity index is 2.79. The lowest BCUT2D eigenvalue weighted by Crippen LogP contribution is -1.98. The summed E-state index contributed by atoms with van der Waals surface area (Å²) in [7, 11) is -4.44. The van der Waals surface area contributed by atoms with Gasteiger partial charge < -0.3 is 9.05 Å². The fraction of sp³-hybridized carbons (Fsp3) is 0.500. The molecule has 0 unspecified atom stereocenters. The Morgan fingerprint density at radius 2 is 1.55 bits per heavy atom. The van der Waals surface area contributed by atoms with E-state index >= 15 is 0 Å². The summed E-state index contributed by atoms with van der Waals surface area (Å²) in [6, 6.07) is 0. The maximum atomic E-state index is 10.5. The molecule has 0 aromatic heterocycles. The lowest BCUT2D eigenvalue weighted by atomic mass is 10.3. The molecule has 11 heavy (non-hydrogen) atoms. The van der Waals surface area contributed by atoms with Crippen molar-refractivity contribution in [2.45, 2.75) is 12.8 Å². The van der Waals surface area contributed by atoms with Crippen LogP contribution >= 0.6 is 7.82 Å². The second-order valence-electron chi connectivity index (χ2n) is 1.90. The van der Waals surface area contributed by atoms with E-state index in [2.05, 4.69) is 9.05 Å². The van der Waals surface area contributed by atoms with Gasteiger partial charge in [0.15, 0.2) is 0 Å². The van der Waals surface area contributed by atoms with Crippen molar-refractivity contribution in [2.75, 3.05) is 0 Å². The molecule has 1 fully saturated rings. The van der Waals surface area contributed by atoms with Gasteiger partial charge in [-0.3, -0.25) is 14.5 Å². The maximum Gasteiger partial charge on any atom is 0.589 e. The lowest BCUT2D eigenvalue weighted by molar-refractivity contribution is -0.135. The van der Waals surface area contributed by atoms with Crippen LogP contribution in [-0.4, -0.2) is 16.8 Å². The highest BCUT2D eigenvalue weighted by atomic mass is 31.2. The van der Waals surface area contributed by atoms with Crippen LogP contribution in [0.5, 0.6) is 0 Å². The van der Waals surface area contributed by atoms with Crippen LogP contribution < -0.4 is 0 Å². The van der Waals surface area contributed by atoms with E-state index < -0.39 is 19.8 Å². The average molecular weight is 180 g/mol. The molecule has 0 saturated carbocycles. The van der Waals surface area contributed by atoms with Crippen LogP contribution in [0, 0.1) is 0 Å². The van der Waals surface area contributed by atoms with Gasteiger partial charge in [-0.15, -0.1) is 0 Å². The van der Waals surface area contributed by atoms with Gasteiger partial charge in [0.05, 0.1) is 12.8 Å². The zero-order chi connectivity index (χ0) is 8.48. The van der Waals surface area contributed by atoms with Crippen LogP contribution in [0.3, 0.4) is 0 Å². The fourth-order valence-electron chi connectivity index (χ4n) is 0.571. The molecule has 1 rings (SSSR count). The quantitative estimate of drug-likeness (QED) is 0.526. The largest absolute Gasteiger partial charge is 0.589 e. The Bertz CT molecular complexity index is 223. The first-order chi connectivity index (χ1) is 4.99. The summed E-state index contributed by atoms with van der Waals surface area (Å²) in [5, 5.41) is 0. The third-order valence-corrected chi connectivity index (χ3v) is 1.84. The second kappa shape index (κ2) is 2.64. The van der Waals surface area contributed by atoms with Gasteiger partial charge in [-0.2, -0.15) is 0 Å². The summed E-state index contributed by atoms with van der Waals surface area (Å²) in [6.45, 7) is 0. The number of hydrogen-bond acceptors (Lipinski definition) is 5. The molecule has 0 radical (unpaired) electrons. The van der Waals surface area contributed by atoms with E-state index in [4.69, 9.17) is 4.89 Å². The zero-order valence-electron chi connectivity index (χ0n) is 5.35.